The summed E-state index contributed by atoms with van der Waals surface area (Å²) in [6.07, 6.45) is 1.83. The Labute approximate surface area is 146 Å². The maximum absolute atomic E-state index is 4.46. The van der Waals surface area contributed by atoms with Crippen molar-refractivity contribution >= 4 is 0 Å². The van der Waals surface area contributed by atoms with Crippen LogP contribution < -0.4 is 0 Å². The molecular formula is C20H17N5. The lowest BCUT2D eigenvalue weighted by Crippen LogP contribution is -2.06. The first-order chi connectivity index (χ1) is 12.3. The number of hydrogen-bond donors (Lipinski definition) is 0. The largest absolute Gasteiger partial charge is 0.261 e. The Bertz CT molecular complexity index is 977. The molecular weight excluding hydrogens is 310 g/mol. The zero-order chi connectivity index (χ0) is 17.1. The van der Waals surface area contributed by atoms with Crippen molar-refractivity contribution in [2.24, 2.45) is 0 Å². The monoisotopic (exact) mass is 327 g/mol. The standard InChI is InChI=1S/C20H17N5/c1-15-19(18(12-13-21-15)17-10-6-3-7-11-17)20-22-23-24-25(20)14-16-8-4-2-5-9-16/h2-13H,14H2,1H3. The van der Waals surface area contributed by atoms with Crippen LogP contribution in [0.2, 0.25) is 0 Å². The van der Waals surface area contributed by atoms with E-state index in [2.05, 4.69) is 44.8 Å². The number of nitrogens with zero attached hydrogens (tertiary/aromatic N) is 5. The minimum Gasteiger partial charge on any atom is -0.261 e. The second-order valence-corrected chi connectivity index (χ2v) is 5.83. The average Bonchev–Trinajstić information content (AvgIpc) is 3.11. The topological polar surface area (TPSA) is 56.5 Å². The van der Waals surface area contributed by atoms with E-state index >= 15 is 0 Å². The summed E-state index contributed by atoms with van der Waals surface area (Å²) in [5, 5.41) is 12.4. The molecule has 0 aliphatic rings. The molecule has 2 aromatic carbocycles. The van der Waals surface area contributed by atoms with Gasteiger partial charge in [0.1, 0.15) is 0 Å². The third-order valence-corrected chi connectivity index (χ3v) is 4.16. The summed E-state index contributed by atoms with van der Waals surface area (Å²) in [6.45, 7) is 2.61. The van der Waals surface area contributed by atoms with Crippen LogP contribution >= 0.6 is 0 Å². The molecule has 122 valence electrons. The molecule has 4 aromatic rings. The van der Waals surface area contributed by atoms with Gasteiger partial charge in [0, 0.05) is 17.5 Å². The van der Waals surface area contributed by atoms with Crippen molar-refractivity contribution in [3.8, 4) is 22.5 Å². The fourth-order valence-electron chi connectivity index (χ4n) is 2.95. The van der Waals surface area contributed by atoms with Gasteiger partial charge in [0.2, 0.25) is 0 Å². The van der Waals surface area contributed by atoms with E-state index in [9.17, 15) is 0 Å². The molecule has 0 unspecified atom stereocenters. The van der Waals surface area contributed by atoms with E-state index in [0.717, 1.165) is 33.8 Å². The number of aromatic nitrogens is 5. The molecule has 0 saturated heterocycles. The first-order valence-electron chi connectivity index (χ1n) is 8.14. The molecule has 0 saturated carbocycles. The van der Waals surface area contributed by atoms with Gasteiger partial charge in [-0.15, -0.1) is 5.10 Å². The van der Waals surface area contributed by atoms with Crippen molar-refractivity contribution in [1.82, 2.24) is 25.2 Å². The summed E-state index contributed by atoms with van der Waals surface area (Å²) < 4.78 is 1.83. The summed E-state index contributed by atoms with van der Waals surface area (Å²) in [7, 11) is 0. The Kier molecular flexibility index (Phi) is 4.04. The van der Waals surface area contributed by atoms with E-state index in [0.29, 0.717) is 6.54 Å². The molecule has 2 aromatic heterocycles. The molecule has 0 aliphatic carbocycles. The lowest BCUT2D eigenvalue weighted by molar-refractivity contribution is 0.653. The van der Waals surface area contributed by atoms with Gasteiger partial charge in [0.25, 0.3) is 0 Å². The van der Waals surface area contributed by atoms with Crippen LogP contribution in [0.5, 0.6) is 0 Å². The predicted octanol–water partition coefficient (Wildman–Crippen LogP) is 3.76. The van der Waals surface area contributed by atoms with Crippen molar-refractivity contribution < 1.29 is 0 Å². The molecule has 25 heavy (non-hydrogen) atoms. The summed E-state index contributed by atoms with van der Waals surface area (Å²) in [5.74, 6) is 0.730. The average molecular weight is 327 g/mol. The van der Waals surface area contributed by atoms with Gasteiger partial charge in [0.15, 0.2) is 5.82 Å². The summed E-state index contributed by atoms with van der Waals surface area (Å²) in [6, 6.07) is 22.4. The fraction of sp³-hybridized carbons (Fsp3) is 0.100. The van der Waals surface area contributed by atoms with Crippen molar-refractivity contribution in [3.63, 3.8) is 0 Å². The van der Waals surface area contributed by atoms with Gasteiger partial charge in [-0.1, -0.05) is 60.7 Å². The maximum atomic E-state index is 4.46. The van der Waals surface area contributed by atoms with Crippen LogP contribution in [-0.2, 0) is 6.54 Å². The molecule has 4 rings (SSSR count). The van der Waals surface area contributed by atoms with Gasteiger partial charge in [-0.3, -0.25) is 4.98 Å². The third-order valence-electron chi connectivity index (χ3n) is 4.16. The second kappa shape index (κ2) is 6.65. The van der Waals surface area contributed by atoms with Crippen LogP contribution in [-0.4, -0.2) is 25.2 Å². The molecule has 0 radical (unpaired) electrons. The minimum atomic E-state index is 0.617. The first kappa shape index (κ1) is 15.2. The molecule has 0 aliphatic heterocycles. The second-order valence-electron chi connectivity index (χ2n) is 5.83. The molecule has 5 heteroatoms. The van der Waals surface area contributed by atoms with Crippen LogP contribution in [0.3, 0.4) is 0 Å². The predicted molar refractivity (Wildman–Crippen MR) is 96.8 cm³/mol. The zero-order valence-corrected chi connectivity index (χ0v) is 13.9. The highest BCUT2D eigenvalue weighted by atomic mass is 15.5. The molecule has 5 nitrogen and oxygen atoms in total. The molecule has 0 fully saturated rings. The number of rotatable bonds is 4. The van der Waals surface area contributed by atoms with E-state index in [1.807, 2.05) is 60.3 Å². The quantitative estimate of drug-likeness (QED) is 0.573. The van der Waals surface area contributed by atoms with E-state index in [1.165, 1.54) is 0 Å². The van der Waals surface area contributed by atoms with Gasteiger partial charge >= 0.3 is 0 Å². The molecule has 0 atom stereocenters. The summed E-state index contributed by atoms with van der Waals surface area (Å²) in [4.78, 5) is 4.46. The Morgan fingerprint density at radius 3 is 2.36 bits per heavy atom. The molecule has 2 heterocycles. The van der Waals surface area contributed by atoms with E-state index < -0.39 is 0 Å². The van der Waals surface area contributed by atoms with Crippen molar-refractivity contribution in [1.29, 1.82) is 0 Å². The number of aryl methyl sites for hydroxylation is 1. The van der Waals surface area contributed by atoms with Crippen molar-refractivity contribution in [3.05, 3.63) is 84.2 Å². The van der Waals surface area contributed by atoms with E-state index in [-0.39, 0.29) is 0 Å². The van der Waals surface area contributed by atoms with Gasteiger partial charge in [-0.05, 0) is 40.1 Å². The number of pyridine rings is 1. The van der Waals surface area contributed by atoms with E-state index in [1.54, 1.807) is 0 Å². The van der Waals surface area contributed by atoms with Gasteiger partial charge in [-0.2, -0.15) is 0 Å². The Hall–Kier alpha value is -3.34. The van der Waals surface area contributed by atoms with Crippen LogP contribution in [0.15, 0.2) is 72.9 Å². The zero-order valence-electron chi connectivity index (χ0n) is 13.9. The smallest absolute Gasteiger partial charge is 0.184 e. The Morgan fingerprint density at radius 2 is 1.60 bits per heavy atom. The minimum absolute atomic E-state index is 0.617. The normalized spacial score (nSPS) is 10.8. The van der Waals surface area contributed by atoms with Crippen LogP contribution in [0.1, 0.15) is 11.3 Å². The van der Waals surface area contributed by atoms with Crippen LogP contribution in [0, 0.1) is 6.92 Å². The fourth-order valence-corrected chi connectivity index (χ4v) is 2.95. The third kappa shape index (κ3) is 3.04. The SMILES string of the molecule is Cc1nccc(-c2ccccc2)c1-c1nnnn1Cc1ccccc1. The molecule has 0 amide bonds. The number of tetrazole rings is 1. The Balaban J connectivity index is 1.83. The highest BCUT2D eigenvalue weighted by Gasteiger charge is 2.17. The number of benzene rings is 2. The lowest BCUT2D eigenvalue weighted by Gasteiger charge is -2.12. The Morgan fingerprint density at radius 1 is 0.880 bits per heavy atom. The first-order valence-corrected chi connectivity index (χ1v) is 8.14. The van der Waals surface area contributed by atoms with Crippen molar-refractivity contribution in [2.45, 2.75) is 13.5 Å². The van der Waals surface area contributed by atoms with Crippen LogP contribution in [0.25, 0.3) is 22.5 Å². The highest BCUT2D eigenvalue weighted by molar-refractivity contribution is 5.81. The van der Waals surface area contributed by atoms with E-state index in [4.69, 9.17) is 0 Å². The summed E-state index contributed by atoms with van der Waals surface area (Å²) in [5.41, 5.74) is 5.23. The van der Waals surface area contributed by atoms with Crippen molar-refractivity contribution in [2.75, 3.05) is 0 Å². The van der Waals surface area contributed by atoms with Gasteiger partial charge in [0.05, 0.1) is 6.54 Å². The summed E-state index contributed by atoms with van der Waals surface area (Å²) >= 11 is 0. The molecule has 0 spiro atoms. The lowest BCUT2D eigenvalue weighted by atomic mass is 9.99. The number of hydrogen-bond acceptors (Lipinski definition) is 4. The molecule has 0 bridgehead atoms. The maximum Gasteiger partial charge on any atom is 0.184 e. The highest BCUT2D eigenvalue weighted by Crippen LogP contribution is 2.32. The molecule has 0 N–H and O–H groups in total. The van der Waals surface area contributed by atoms with Gasteiger partial charge in [-0.25, -0.2) is 4.68 Å². The van der Waals surface area contributed by atoms with Gasteiger partial charge < -0.3 is 0 Å². The van der Waals surface area contributed by atoms with Crippen LogP contribution in [0.4, 0.5) is 0 Å².